The predicted molar refractivity (Wildman–Crippen MR) is 117 cm³/mol. The topological polar surface area (TPSA) is 60.0 Å². The van der Waals surface area contributed by atoms with Gasteiger partial charge < -0.3 is 24.4 Å². The molecule has 1 fully saturated rings. The molecule has 0 radical (unpaired) electrons. The van der Waals surface area contributed by atoms with E-state index < -0.39 is 0 Å². The number of carbonyl (C=O) groups excluding carboxylic acids is 1. The number of nitrogens with one attached hydrogen (secondary N) is 1. The van der Waals surface area contributed by atoms with Crippen molar-refractivity contribution in [3.8, 4) is 11.5 Å². The van der Waals surface area contributed by atoms with Gasteiger partial charge >= 0.3 is 0 Å². The Morgan fingerprint density at radius 2 is 1.93 bits per heavy atom. The summed E-state index contributed by atoms with van der Waals surface area (Å²) in [5.41, 5.74) is 1.47. The molecular formula is C21H23ClN2O4S. The second kappa shape index (κ2) is 10.4. The first-order chi connectivity index (χ1) is 14.1. The summed E-state index contributed by atoms with van der Waals surface area (Å²) in [4.78, 5) is 15.0. The predicted octanol–water partition coefficient (Wildman–Crippen LogP) is 3.76. The lowest BCUT2D eigenvalue weighted by Gasteiger charge is -2.29. The number of amides is 1. The van der Waals surface area contributed by atoms with Crippen molar-refractivity contribution in [3.63, 3.8) is 0 Å². The first-order valence-corrected chi connectivity index (χ1v) is 10.2. The van der Waals surface area contributed by atoms with Gasteiger partial charge in [0.05, 0.1) is 24.8 Å². The molecule has 0 spiro atoms. The van der Waals surface area contributed by atoms with Crippen LogP contribution >= 0.6 is 23.8 Å². The summed E-state index contributed by atoms with van der Waals surface area (Å²) in [6.07, 6.45) is 0. The fourth-order valence-corrected chi connectivity index (χ4v) is 3.47. The van der Waals surface area contributed by atoms with Gasteiger partial charge in [0.2, 0.25) is 0 Å². The molecule has 0 aromatic heterocycles. The summed E-state index contributed by atoms with van der Waals surface area (Å²) in [7, 11) is 0. The normalized spacial score (nSPS) is 13.7. The van der Waals surface area contributed by atoms with Crippen LogP contribution in [0.25, 0.3) is 0 Å². The monoisotopic (exact) mass is 434 g/mol. The lowest BCUT2D eigenvalue weighted by Crippen LogP contribution is -2.40. The highest BCUT2D eigenvalue weighted by Gasteiger charge is 2.20. The van der Waals surface area contributed by atoms with Crippen molar-refractivity contribution in [3.05, 3.63) is 53.1 Å². The quantitative estimate of drug-likeness (QED) is 0.669. The van der Waals surface area contributed by atoms with Gasteiger partial charge in [-0.25, -0.2) is 0 Å². The zero-order valence-corrected chi connectivity index (χ0v) is 17.7. The van der Waals surface area contributed by atoms with Crippen molar-refractivity contribution in [2.75, 3.05) is 44.8 Å². The van der Waals surface area contributed by atoms with E-state index >= 15 is 0 Å². The Bertz CT molecular complexity index is 857. The first-order valence-electron chi connectivity index (χ1n) is 9.39. The van der Waals surface area contributed by atoms with Crippen LogP contribution in [0.3, 0.4) is 0 Å². The number of benzene rings is 2. The number of carbonyl (C=O) groups is 1. The van der Waals surface area contributed by atoms with E-state index in [0.717, 1.165) is 18.7 Å². The van der Waals surface area contributed by atoms with Crippen LogP contribution in [0.2, 0.25) is 5.02 Å². The minimum Gasteiger partial charge on any atom is -0.490 e. The van der Waals surface area contributed by atoms with E-state index in [2.05, 4.69) is 10.2 Å². The molecule has 0 aliphatic carbocycles. The highest BCUT2D eigenvalue weighted by atomic mass is 35.5. The minimum atomic E-state index is -0.289. The Morgan fingerprint density at radius 1 is 1.21 bits per heavy atom. The smallest absolute Gasteiger partial charge is 0.262 e. The molecule has 0 saturated carbocycles. The second-order valence-corrected chi connectivity index (χ2v) is 7.12. The minimum absolute atomic E-state index is 0.193. The van der Waals surface area contributed by atoms with E-state index in [0.29, 0.717) is 47.0 Å². The molecule has 6 nitrogen and oxygen atoms in total. The molecule has 154 valence electrons. The zero-order valence-electron chi connectivity index (χ0n) is 16.2. The number of halogens is 1. The van der Waals surface area contributed by atoms with Crippen LogP contribution in [0.15, 0.2) is 42.5 Å². The maximum atomic E-state index is 12.2. The van der Waals surface area contributed by atoms with Crippen molar-refractivity contribution < 1.29 is 19.0 Å². The first kappa shape index (κ1) is 21.4. The summed E-state index contributed by atoms with van der Waals surface area (Å²) < 4.78 is 16.8. The molecular weight excluding hydrogens is 412 g/mol. The lowest BCUT2D eigenvalue weighted by atomic mass is 10.1. The number of para-hydroxylation sites is 1. The van der Waals surface area contributed by atoms with Gasteiger partial charge in [0, 0.05) is 24.3 Å². The Kier molecular flexibility index (Phi) is 7.69. The standard InChI is InChI=1S/C21H23ClN2O4S/c1-2-27-18-13-15(21(29)24-8-10-26-11-9-24)12-17(22)20(18)28-14-19(25)23-16-6-4-3-5-7-16/h3-7,12-13H,2,8-11,14H2,1H3,(H,23,25). The average molecular weight is 435 g/mol. The van der Waals surface area contributed by atoms with Crippen LogP contribution in [-0.4, -0.2) is 55.3 Å². The van der Waals surface area contributed by atoms with E-state index in [9.17, 15) is 4.79 Å². The number of rotatable bonds is 7. The maximum Gasteiger partial charge on any atom is 0.262 e. The number of nitrogens with zero attached hydrogens (tertiary/aromatic N) is 1. The molecule has 8 heteroatoms. The summed E-state index contributed by atoms with van der Waals surface area (Å²) in [6.45, 7) is 4.86. The molecule has 0 atom stereocenters. The molecule has 1 amide bonds. The summed E-state index contributed by atoms with van der Waals surface area (Å²) >= 11 is 12.1. The Labute approximate surface area is 180 Å². The van der Waals surface area contributed by atoms with Gasteiger partial charge in [0.15, 0.2) is 18.1 Å². The molecule has 1 aliphatic heterocycles. The molecule has 1 heterocycles. The Morgan fingerprint density at radius 3 is 2.62 bits per heavy atom. The number of ether oxygens (including phenoxy) is 3. The highest BCUT2D eigenvalue weighted by molar-refractivity contribution is 7.80. The van der Waals surface area contributed by atoms with Crippen LogP contribution in [0.5, 0.6) is 11.5 Å². The molecule has 1 saturated heterocycles. The fourth-order valence-electron chi connectivity index (χ4n) is 2.90. The van der Waals surface area contributed by atoms with Gasteiger partial charge in [0.1, 0.15) is 4.99 Å². The summed E-state index contributed by atoms with van der Waals surface area (Å²) in [5.74, 6) is 0.492. The van der Waals surface area contributed by atoms with Gasteiger partial charge in [0.25, 0.3) is 5.91 Å². The summed E-state index contributed by atoms with van der Waals surface area (Å²) in [6, 6.07) is 12.7. The third-order valence-electron chi connectivity index (χ3n) is 4.26. The SMILES string of the molecule is CCOc1cc(C(=S)N2CCOCC2)cc(Cl)c1OCC(=O)Nc1ccccc1. The zero-order chi connectivity index (χ0) is 20.6. The largest absolute Gasteiger partial charge is 0.490 e. The van der Waals surface area contributed by atoms with Gasteiger partial charge in [-0.05, 0) is 31.2 Å². The van der Waals surface area contributed by atoms with E-state index in [1.165, 1.54) is 0 Å². The van der Waals surface area contributed by atoms with Gasteiger partial charge in [-0.15, -0.1) is 0 Å². The Hall–Kier alpha value is -2.35. The molecule has 0 bridgehead atoms. The Balaban J connectivity index is 1.72. The van der Waals surface area contributed by atoms with E-state index in [1.807, 2.05) is 25.1 Å². The van der Waals surface area contributed by atoms with Crippen molar-refractivity contribution >= 4 is 40.4 Å². The van der Waals surface area contributed by atoms with Crippen molar-refractivity contribution in [2.24, 2.45) is 0 Å². The second-order valence-electron chi connectivity index (χ2n) is 6.33. The van der Waals surface area contributed by atoms with Crippen molar-refractivity contribution in [1.29, 1.82) is 0 Å². The van der Waals surface area contributed by atoms with Crippen molar-refractivity contribution in [2.45, 2.75) is 6.92 Å². The molecule has 3 rings (SSSR count). The van der Waals surface area contributed by atoms with Gasteiger partial charge in [-0.3, -0.25) is 4.79 Å². The molecule has 1 N–H and O–H groups in total. The van der Waals surface area contributed by atoms with E-state index in [4.69, 9.17) is 38.0 Å². The average Bonchev–Trinajstić information content (AvgIpc) is 2.74. The van der Waals surface area contributed by atoms with E-state index in [-0.39, 0.29) is 12.5 Å². The van der Waals surface area contributed by atoms with Crippen LogP contribution in [-0.2, 0) is 9.53 Å². The number of thiocarbonyl (C=S) groups is 1. The van der Waals surface area contributed by atoms with Gasteiger partial charge in [-0.2, -0.15) is 0 Å². The molecule has 29 heavy (non-hydrogen) atoms. The van der Waals surface area contributed by atoms with Crippen molar-refractivity contribution in [1.82, 2.24) is 4.90 Å². The van der Waals surface area contributed by atoms with E-state index in [1.54, 1.807) is 24.3 Å². The van der Waals surface area contributed by atoms with Crippen LogP contribution < -0.4 is 14.8 Å². The molecule has 1 aliphatic rings. The number of morpholine rings is 1. The third kappa shape index (κ3) is 5.82. The van der Waals surface area contributed by atoms with Crippen LogP contribution in [0.4, 0.5) is 5.69 Å². The molecule has 0 unspecified atom stereocenters. The van der Waals surface area contributed by atoms with Crippen LogP contribution in [0.1, 0.15) is 12.5 Å². The van der Waals surface area contributed by atoms with Gasteiger partial charge in [-0.1, -0.05) is 42.0 Å². The summed E-state index contributed by atoms with van der Waals surface area (Å²) in [5, 5.41) is 3.11. The lowest BCUT2D eigenvalue weighted by molar-refractivity contribution is -0.118. The molecule has 2 aromatic rings. The fraction of sp³-hybridized carbons (Fsp3) is 0.333. The number of anilines is 1. The third-order valence-corrected chi connectivity index (χ3v) is 5.03. The highest BCUT2D eigenvalue weighted by Crippen LogP contribution is 2.37. The molecule has 2 aromatic carbocycles. The number of hydrogen-bond acceptors (Lipinski definition) is 5. The van der Waals surface area contributed by atoms with Crippen LogP contribution in [0, 0.1) is 0 Å². The number of hydrogen-bond donors (Lipinski definition) is 1. The maximum absolute atomic E-state index is 12.2.